The van der Waals surface area contributed by atoms with Crippen molar-refractivity contribution in [2.75, 3.05) is 5.32 Å². The zero-order valence-electron chi connectivity index (χ0n) is 10.6. The highest BCUT2D eigenvalue weighted by molar-refractivity contribution is 5.34. The van der Waals surface area contributed by atoms with Gasteiger partial charge >= 0.3 is 0 Å². The molecule has 0 spiro atoms. The summed E-state index contributed by atoms with van der Waals surface area (Å²) in [6.07, 6.45) is 3.81. The summed E-state index contributed by atoms with van der Waals surface area (Å²) in [5, 5.41) is 12.1. The number of aryl methyl sites for hydroxylation is 1. The fraction of sp³-hybridized carbons (Fsp3) is 0.500. The lowest BCUT2D eigenvalue weighted by atomic mass is 10.4. The van der Waals surface area contributed by atoms with Crippen LogP contribution in [0.5, 0.6) is 0 Å². The SMILES string of the molecule is CCn1ccc(CNc2ccnn2C(C)C)n1. The predicted octanol–water partition coefficient (Wildman–Crippen LogP) is 2.29. The second-order valence-electron chi connectivity index (χ2n) is 4.27. The Morgan fingerprint density at radius 1 is 1.35 bits per heavy atom. The highest BCUT2D eigenvalue weighted by Gasteiger charge is 2.05. The highest BCUT2D eigenvalue weighted by atomic mass is 15.3. The van der Waals surface area contributed by atoms with Gasteiger partial charge in [-0.05, 0) is 26.8 Å². The molecule has 92 valence electrons. The van der Waals surface area contributed by atoms with Crippen LogP contribution in [0.2, 0.25) is 0 Å². The van der Waals surface area contributed by atoms with Gasteiger partial charge in [-0.25, -0.2) is 4.68 Å². The Balaban J connectivity index is 1.99. The second kappa shape index (κ2) is 5.03. The summed E-state index contributed by atoms with van der Waals surface area (Å²) in [6.45, 7) is 7.95. The molecular weight excluding hydrogens is 214 g/mol. The van der Waals surface area contributed by atoms with Crippen LogP contribution in [0.1, 0.15) is 32.5 Å². The van der Waals surface area contributed by atoms with Crippen molar-refractivity contribution in [2.45, 2.75) is 39.9 Å². The summed E-state index contributed by atoms with van der Waals surface area (Å²) in [6, 6.07) is 4.38. The quantitative estimate of drug-likeness (QED) is 0.862. The number of rotatable bonds is 5. The molecule has 0 aliphatic rings. The maximum Gasteiger partial charge on any atom is 0.124 e. The Morgan fingerprint density at radius 2 is 2.18 bits per heavy atom. The molecule has 0 atom stereocenters. The molecule has 5 nitrogen and oxygen atoms in total. The number of nitrogens with one attached hydrogen (secondary N) is 1. The summed E-state index contributed by atoms with van der Waals surface area (Å²) in [5.41, 5.74) is 1.04. The highest BCUT2D eigenvalue weighted by Crippen LogP contribution is 2.13. The Hall–Kier alpha value is -1.78. The molecule has 0 amide bonds. The molecule has 0 aromatic carbocycles. The third kappa shape index (κ3) is 2.67. The first-order chi connectivity index (χ1) is 8.20. The summed E-state index contributed by atoms with van der Waals surface area (Å²) in [7, 11) is 0. The van der Waals surface area contributed by atoms with E-state index < -0.39 is 0 Å². The Labute approximate surface area is 101 Å². The van der Waals surface area contributed by atoms with E-state index >= 15 is 0 Å². The van der Waals surface area contributed by atoms with Crippen LogP contribution in [-0.2, 0) is 13.1 Å². The molecule has 0 bridgehead atoms. The van der Waals surface area contributed by atoms with Crippen molar-refractivity contribution < 1.29 is 0 Å². The first-order valence-corrected chi connectivity index (χ1v) is 6.00. The minimum Gasteiger partial charge on any atom is -0.365 e. The maximum atomic E-state index is 4.43. The van der Waals surface area contributed by atoms with Gasteiger partial charge in [0.1, 0.15) is 5.82 Å². The number of hydrogen-bond donors (Lipinski definition) is 1. The molecule has 0 saturated heterocycles. The molecule has 2 aromatic rings. The number of nitrogens with zero attached hydrogens (tertiary/aromatic N) is 4. The second-order valence-corrected chi connectivity index (χ2v) is 4.27. The molecule has 2 rings (SSSR count). The van der Waals surface area contributed by atoms with Crippen LogP contribution in [0, 0.1) is 0 Å². The molecule has 1 N–H and O–H groups in total. The van der Waals surface area contributed by atoms with Crippen molar-refractivity contribution in [2.24, 2.45) is 0 Å². The largest absolute Gasteiger partial charge is 0.365 e. The van der Waals surface area contributed by atoms with E-state index in [9.17, 15) is 0 Å². The van der Waals surface area contributed by atoms with E-state index in [1.807, 2.05) is 33.9 Å². The first-order valence-electron chi connectivity index (χ1n) is 6.00. The van der Waals surface area contributed by atoms with E-state index in [1.54, 1.807) is 0 Å². The van der Waals surface area contributed by atoms with Gasteiger partial charge in [0.25, 0.3) is 0 Å². The first kappa shape index (κ1) is 11.7. The normalized spacial score (nSPS) is 11.1. The Kier molecular flexibility index (Phi) is 3.46. The van der Waals surface area contributed by atoms with Gasteiger partial charge in [0.2, 0.25) is 0 Å². The van der Waals surface area contributed by atoms with Crippen LogP contribution >= 0.6 is 0 Å². The minimum absolute atomic E-state index is 0.362. The van der Waals surface area contributed by atoms with E-state index in [-0.39, 0.29) is 0 Å². The van der Waals surface area contributed by atoms with E-state index in [1.165, 1.54) is 0 Å². The summed E-state index contributed by atoms with van der Waals surface area (Å²) in [4.78, 5) is 0. The van der Waals surface area contributed by atoms with Gasteiger partial charge in [-0.15, -0.1) is 0 Å². The lowest BCUT2D eigenvalue weighted by Crippen LogP contribution is -2.10. The molecule has 0 fully saturated rings. The average Bonchev–Trinajstić information content (AvgIpc) is 2.95. The van der Waals surface area contributed by atoms with E-state index in [2.05, 4.69) is 36.3 Å². The van der Waals surface area contributed by atoms with Crippen LogP contribution in [-0.4, -0.2) is 19.6 Å². The summed E-state index contributed by atoms with van der Waals surface area (Å²) >= 11 is 0. The molecule has 0 aliphatic carbocycles. The third-order valence-corrected chi connectivity index (χ3v) is 2.63. The summed E-state index contributed by atoms with van der Waals surface area (Å²) < 4.78 is 3.90. The molecule has 17 heavy (non-hydrogen) atoms. The molecule has 5 heteroatoms. The van der Waals surface area contributed by atoms with Crippen LogP contribution in [0.4, 0.5) is 5.82 Å². The molecular formula is C12H19N5. The van der Waals surface area contributed by atoms with E-state index in [4.69, 9.17) is 0 Å². The number of anilines is 1. The van der Waals surface area contributed by atoms with Crippen LogP contribution < -0.4 is 5.32 Å². The van der Waals surface area contributed by atoms with Crippen LogP contribution in [0.3, 0.4) is 0 Å². The van der Waals surface area contributed by atoms with Gasteiger partial charge in [0, 0.05) is 24.8 Å². The van der Waals surface area contributed by atoms with Gasteiger partial charge in [-0.1, -0.05) is 0 Å². The molecule has 0 saturated carbocycles. The number of hydrogen-bond acceptors (Lipinski definition) is 3. The molecule has 2 heterocycles. The molecule has 0 unspecified atom stereocenters. The third-order valence-electron chi connectivity index (χ3n) is 2.63. The summed E-state index contributed by atoms with van der Waals surface area (Å²) in [5.74, 6) is 1.03. The van der Waals surface area contributed by atoms with E-state index in [0.717, 1.165) is 24.6 Å². The topological polar surface area (TPSA) is 47.7 Å². The average molecular weight is 233 g/mol. The molecule has 0 aliphatic heterocycles. The fourth-order valence-electron chi connectivity index (χ4n) is 1.72. The van der Waals surface area contributed by atoms with E-state index in [0.29, 0.717) is 6.04 Å². The van der Waals surface area contributed by atoms with Gasteiger partial charge < -0.3 is 5.32 Å². The zero-order valence-corrected chi connectivity index (χ0v) is 10.6. The monoisotopic (exact) mass is 233 g/mol. The lowest BCUT2D eigenvalue weighted by molar-refractivity contribution is 0.537. The number of aromatic nitrogens is 4. The standard InChI is InChI=1S/C12H19N5/c1-4-16-8-6-11(15-16)9-13-12-5-7-14-17(12)10(2)3/h5-8,10,13H,4,9H2,1-3H3. The predicted molar refractivity (Wildman–Crippen MR) is 67.8 cm³/mol. The van der Waals surface area contributed by atoms with Gasteiger partial charge in [-0.2, -0.15) is 10.2 Å². The van der Waals surface area contributed by atoms with Crippen LogP contribution in [0.15, 0.2) is 24.5 Å². The van der Waals surface area contributed by atoms with Crippen LogP contribution in [0.25, 0.3) is 0 Å². The molecule has 0 radical (unpaired) electrons. The maximum absolute atomic E-state index is 4.43. The zero-order chi connectivity index (χ0) is 12.3. The van der Waals surface area contributed by atoms with Crippen molar-refractivity contribution in [3.63, 3.8) is 0 Å². The van der Waals surface area contributed by atoms with Gasteiger partial charge in [0.15, 0.2) is 0 Å². The lowest BCUT2D eigenvalue weighted by Gasteiger charge is -2.11. The molecule has 2 aromatic heterocycles. The Bertz CT molecular complexity index is 469. The van der Waals surface area contributed by atoms with Crippen molar-refractivity contribution in [3.8, 4) is 0 Å². The van der Waals surface area contributed by atoms with Crippen molar-refractivity contribution in [1.82, 2.24) is 19.6 Å². The fourth-order valence-corrected chi connectivity index (χ4v) is 1.72. The van der Waals surface area contributed by atoms with Gasteiger partial charge in [0.05, 0.1) is 18.4 Å². The Morgan fingerprint density at radius 3 is 2.82 bits per heavy atom. The van der Waals surface area contributed by atoms with Crippen molar-refractivity contribution in [3.05, 3.63) is 30.2 Å². The van der Waals surface area contributed by atoms with Crippen molar-refractivity contribution >= 4 is 5.82 Å². The van der Waals surface area contributed by atoms with Crippen molar-refractivity contribution in [1.29, 1.82) is 0 Å². The minimum atomic E-state index is 0.362. The smallest absolute Gasteiger partial charge is 0.124 e. The van der Waals surface area contributed by atoms with Gasteiger partial charge in [-0.3, -0.25) is 4.68 Å².